The van der Waals surface area contributed by atoms with Crippen LogP contribution in [-0.4, -0.2) is 41.6 Å². The van der Waals surface area contributed by atoms with E-state index in [9.17, 15) is 9.90 Å². The fourth-order valence-electron chi connectivity index (χ4n) is 6.01. The third-order valence-corrected chi connectivity index (χ3v) is 7.86. The number of benzene rings is 2. The van der Waals surface area contributed by atoms with Crippen molar-refractivity contribution >= 4 is 5.91 Å². The first kappa shape index (κ1) is 20.7. The molecule has 2 N–H and O–H groups in total. The molecule has 3 fully saturated rings. The summed E-state index contributed by atoms with van der Waals surface area (Å²) in [4.78, 5) is 15.9. The van der Waals surface area contributed by atoms with Crippen molar-refractivity contribution < 1.29 is 9.90 Å². The lowest BCUT2D eigenvalue weighted by atomic mass is 9.79. The van der Waals surface area contributed by atoms with Gasteiger partial charge in [0.15, 0.2) is 5.60 Å². The van der Waals surface area contributed by atoms with Crippen molar-refractivity contribution in [1.82, 2.24) is 10.2 Å². The zero-order valence-electron chi connectivity index (χ0n) is 18.2. The van der Waals surface area contributed by atoms with E-state index in [0.717, 1.165) is 57.3 Å². The molecule has 0 radical (unpaired) electrons. The second-order valence-electron chi connectivity index (χ2n) is 9.79. The van der Waals surface area contributed by atoms with Crippen molar-refractivity contribution in [2.45, 2.75) is 50.2 Å². The molecule has 1 heterocycles. The average Bonchev–Trinajstić information content (AvgIpc) is 3.22. The zero-order valence-corrected chi connectivity index (χ0v) is 18.2. The number of aryl methyl sites for hydroxylation is 1. The van der Waals surface area contributed by atoms with Crippen LogP contribution in [-0.2, 0) is 16.8 Å². The van der Waals surface area contributed by atoms with Gasteiger partial charge in [-0.05, 0) is 55.2 Å². The average molecular weight is 419 g/mol. The number of hydrogen-bond acceptors (Lipinski definition) is 3. The van der Waals surface area contributed by atoms with E-state index in [0.29, 0.717) is 11.8 Å². The lowest BCUT2D eigenvalue weighted by Gasteiger charge is -2.33. The molecule has 4 atom stereocenters. The molecule has 1 saturated heterocycles. The van der Waals surface area contributed by atoms with E-state index in [1.54, 1.807) is 0 Å². The van der Waals surface area contributed by atoms with Gasteiger partial charge in [-0.15, -0.1) is 0 Å². The number of amides is 1. The van der Waals surface area contributed by atoms with Crippen LogP contribution in [0.15, 0.2) is 60.7 Å². The van der Waals surface area contributed by atoms with Gasteiger partial charge >= 0.3 is 0 Å². The van der Waals surface area contributed by atoms with Crippen molar-refractivity contribution in [3.8, 4) is 0 Å². The summed E-state index contributed by atoms with van der Waals surface area (Å²) in [7, 11) is 0. The Morgan fingerprint density at radius 3 is 2.23 bits per heavy atom. The van der Waals surface area contributed by atoms with E-state index in [4.69, 9.17) is 0 Å². The summed E-state index contributed by atoms with van der Waals surface area (Å²) >= 11 is 0. The first-order valence-electron chi connectivity index (χ1n) is 12.0. The maximum atomic E-state index is 13.4. The van der Waals surface area contributed by atoms with E-state index in [2.05, 4.69) is 40.5 Å². The van der Waals surface area contributed by atoms with E-state index in [1.807, 2.05) is 30.3 Å². The van der Waals surface area contributed by atoms with Crippen molar-refractivity contribution in [3.63, 3.8) is 0 Å². The van der Waals surface area contributed by atoms with Crippen molar-refractivity contribution in [1.29, 1.82) is 0 Å². The van der Waals surface area contributed by atoms with Crippen LogP contribution in [0.25, 0.3) is 0 Å². The number of piperidine rings is 1. The predicted molar refractivity (Wildman–Crippen MR) is 122 cm³/mol. The smallest absolute Gasteiger partial charge is 0.257 e. The molecule has 31 heavy (non-hydrogen) atoms. The van der Waals surface area contributed by atoms with Gasteiger partial charge in [0.25, 0.3) is 5.91 Å². The summed E-state index contributed by atoms with van der Waals surface area (Å²) in [5.41, 5.74) is 0.751. The number of likely N-dealkylation sites (tertiary alicyclic amines) is 1. The third kappa shape index (κ3) is 4.16. The number of rotatable bonds is 8. The molecule has 164 valence electrons. The van der Waals surface area contributed by atoms with Gasteiger partial charge in [0, 0.05) is 25.0 Å². The highest BCUT2D eigenvalue weighted by Gasteiger charge is 2.58. The molecule has 4 heteroatoms. The van der Waals surface area contributed by atoms with Gasteiger partial charge in [0.2, 0.25) is 0 Å². The van der Waals surface area contributed by atoms with Gasteiger partial charge in [0.05, 0.1) is 0 Å². The first-order chi connectivity index (χ1) is 15.2. The number of nitrogens with zero attached hydrogens (tertiary/aromatic N) is 1. The standard InChI is InChI=1S/C27H34N2O2/c30-26(27(31,22-15-7-8-16-22)21-13-5-2-6-14-21)28-25-23-18-29(19-24(23)25)17-9-12-20-10-3-1-4-11-20/h1-6,10-11,13-14,22-25,31H,7-9,12,15-19H2,(H,28,30)/t23-,24?,25?,27?/m0/s1. The van der Waals surface area contributed by atoms with Crippen LogP contribution in [0.1, 0.15) is 43.2 Å². The normalized spacial score (nSPS) is 27.6. The summed E-state index contributed by atoms with van der Waals surface area (Å²) in [5.74, 6) is 0.928. The summed E-state index contributed by atoms with van der Waals surface area (Å²) in [6.45, 7) is 3.26. The first-order valence-corrected chi connectivity index (χ1v) is 12.0. The maximum absolute atomic E-state index is 13.4. The fourth-order valence-corrected chi connectivity index (χ4v) is 6.01. The molecule has 3 unspecified atom stereocenters. The Morgan fingerprint density at radius 1 is 0.968 bits per heavy atom. The predicted octanol–water partition coefficient (Wildman–Crippen LogP) is 3.74. The Hall–Kier alpha value is -2.17. The highest BCUT2D eigenvalue weighted by molar-refractivity contribution is 5.87. The van der Waals surface area contributed by atoms with Crippen molar-refractivity contribution in [3.05, 3.63) is 71.8 Å². The Morgan fingerprint density at radius 2 is 1.58 bits per heavy atom. The lowest BCUT2D eigenvalue weighted by molar-refractivity contribution is -0.147. The number of hydrogen-bond donors (Lipinski definition) is 2. The summed E-state index contributed by atoms with van der Waals surface area (Å²) in [6.07, 6.45) is 6.34. The Balaban J connectivity index is 1.15. The fraction of sp³-hybridized carbons (Fsp3) is 0.519. The molecular weight excluding hydrogens is 384 g/mol. The highest BCUT2D eigenvalue weighted by atomic mass is 16.3. The van der Waals surface area contributed by atoms with Crippen LogP contribution < -0.4 is 5.32 Å². The number of aliphatic hydroxyl groups is 1. The van der Waals surface area contributed by atoms with Crippen LogP contribution in [0.2, 0.25) is 0 Å². The SMILES string of the molecule is O=C(NC1C2CN(CCCc3ccccc3)C[C@@H]21)C(O)(c1ccccc1)C1CCCC1. The van der Waals surface area contributed by atoms with Crippen LogP contribution >= 0.6 is 0 Å². The Bertz CT molecular complexity index is 869. The lowest BCUT2D eigenvalue weighted by Crippen LogP contribution is -2.51. The largest absolute Gasteiger partial charge is 0.375 e. The van der Waals surface area contributed by atoms with Gasteiger partial charge in [-0.1, -0.05) is 73.5 Å². The van der Waals surface area contributed by atoms with Crippen LogP contribution in [0.5, 0.6) is 0 Å². The van der Waals surface area contributed by atoms with E-state index >= 15 is 0 Å². The molecule has 2 aliphatic carbocycles. The Kier molecular flexibility index (Phi) is 5.85. The number of carbonyl (C=O) groups is 1. The molecule has 2 saturated carbocycles. The van der Waals surface area contributed by atoms with Crippen LogP contribution in [0.4, 0.5) is 0 Å². The molecule has 0 aromatic heterocycles. The zero-order chi connectivity index (χ0) is 21.3. The quantitative estimate of drug-likeness (QED) is 0.687. The van der Waals surface area contributed by atoms with E-state index < -0.39 is 5.60 Å². The van der Waals surface area contributed by atoms with Gasteiger partial charge < -0.3 is 15.3 Å². The van der Waals surface area contributed by atoms with Crippen LogP contribution in [0.3, 0.4) is 0 Å². The van der Waals surface area contributed by atoms with E-state index in [1.165, 1.54) is 12.0 Å². The van der Waals surface area contributed by atoms with Gasteiger partial charge in [0.1, 0.15) is 0 Å². The van der Waals surface area contributed by atoms with Crippen molar-refractivity contribution in [2.24, 2.45) is 17.8 Å². The second-order valence-corrected chi connectivity index (χ2v) is 9.79. The molecule has 2 aromatic carbocycles. The van der Waals surface area contributed by atoms with Gasteiger partial charge in [-0.2, -0.15) is 0 Å². The minimum Gasteiger partial charge on any atom is -0.375 e. The molecule has 1 aliphatic heterocycles. The third-order valence-electron chi connectivity index (χ3n) is 7.86. The molecule has 5 rings (SSSR count). The van der Waals surface area contributed by atoms with Crippen molar-refractivity contribution in [2.75, 3.05) is 19.6 Å². The van der Waals surface area contributed by atoms with E-state index in [-0.39, 0.29) is 17.9 Å². The Labute approximate surface area is 185 Å². The highest BCUT2D eigenvalue weighted by Crippen LogP contribution is 2.47. The molecule has 1 amide bonds. The minimum atomic E-state index is -1.40. The summed E-state index contributed by atoms with van der Waals surface area (Å²) < 4.78 is 0. The maximum Gasteiger partial charge on any atom is 0.257 e. The molecule has 0 bridgehead atoms. The summed E-state index contributed by atoms with van der Waals surface area (Å²) in [6, 6.07) is 20.5. The molecule has 3 aliphatic rings. The van der Waals surface area contributed by atoms with Gasteiger partial charge in [-0.3, -0.25) is 4.79 Å². The summed E-state index contributed by atoms with van der Waals surface area (Å²) in [5, 5.41) is 14.9. The second kappa shape index (κ2) is 8.76. The number of fused-ring (bicyclic) bond motifs is 1. The van der Waals surface area contributed by atoms with Gasteiger partial charge in [-0.25, -0.2) is 0 Å². The van der Waals surface area contributed by atoms with Crippen LogP contribution in [0, 0.1) is 17.8 Å². The topological polar surface area (TPSA) is 52.6 Å². The monoisotopic (exact) mass is 418 g/mol. The molecule has 2 aromatic rings. The molecule has 0 spiro atoms. The number of nitrogens with one attached hydrogen (secondary N) is 1. The molecule has 4 nitrogen and oxygen atoms in total. The number of carbonyl (C=O) groups excluding carboxylic acids is 1. The molecular formula is C27H34N2O2. The minimum absolute atomic E-state index is 0.0166.